The number of benzene rings is 1. The lowest BCUT2D eigenvalue weighted by Gasteiger charge is -2.09. The van der Waals surface area contributed by atoms with E-state index in [1.165, 1.54) is 23.1 Å². The number of aryl methyl sites for hydroxylation is 1. The molecule has 0 N–H and O–H groups in total. The van der Waals surface area contributed by atoms with Gasteiger partial charge in [-0.3, -0.25) is 14.2 Å². The number of Topliss-reactive ketones (excluding diaryl/α,β-unsaturated/α-hetero) is 1. The van der Waals surface area contributed by atoms with Crippen molar-refractivity contribution in [1.82, 2.24) is 9.55 Å². The van der Waals surface area contributed by atoms with Crippen molar-refractivity contribution in [2.24, 2.45) is 0 Å². The number of fused-ring (bicyclic) bond motifs is 1. The van der Waals surface area contributed by atoms with Crippen LogP contribution in [-0.2, 0) is 6.54 Å². The number of aromatic nitrogens is 2. The summed E-state index contributed by atoms with van der Waals surface area (Å²) in [4.78, 5) is 31.3. The Morgan fingerprint density at radius 3 is 2.83 bits per heavy atom. The number of thioether (sulfide) groups is 1. The number of ketones is 1. The van der Waals surface area contributed by atoms with Crippen molar-refractivity contribution < 1.29 is 4.79 Å². The summed E-state index contributed by atoms with van der Waals surface area (Å²) in [6, 6.07) is 11.0. The van der Waals surface area contributed by atoms with Gasteiger partial charge in [-0.2, -0.15) is 0 Å². The molecule has 122 valence electrons. The molecular formula is C18H16N2O2S2. The Hall–Kier alpha value is -2.18. The quantitative estimate of drug-likeness (QED) is 0.291. The van der Waals surface area contributed by atoms with Gasteiger partial charge < -0.3 is 0 Å². The van der Waals surface area contributed by atoms with Crippen LogP contribution in [0.15, 0.2) is 59.0 Å². The monoisotopic (exact) mass is 356 g/mol. The molecule has 24 heavy (non-hydrogen) atoms. The molecule has 0 amide bonds. The Morgan fingerprint density at radius 1 is 1.38 bits per heavy atom. The van der Waals surface area contributed by atoms with Crippen molar-refractivity contribution >= 4 is 39.1 Å². The molecule has 0 radical (unpaired) electrons. The molecule has 0 fully saturated rings. The number of hydrogen-bond donors (Lipinski definition) is 0. The Morgan fingerprint density at radius 2 is 2.12 bits per heavy atom. The fourth-order valence-electron chi connectivity index (χ4n) is 2.36. The normalized spacial score (nSPS) is 10.9. The molecular weight excluding hydrogens is 340 g/mol. The molecule has 0 aliphatic rings. The average molecular weight is 356 g/mol. The first-order valence-corrected chi connectivity index (χ1v) is 9.23. The molecule has 4 nitrogen and oxygen atoms in total. The van der Waals surface area contributed by atoms with Gasteiger partial charge in [0, 0.05) is 17.0 Å². The van der Waals surface area contributed by atoms with E-state index in [2.05, 4.69) is 11.6 Å². The first-order valence-electron chi connectivity index (χ1n) is 7.43. The predicted molar refractivity (Wildman–Crippen MR) is 100 cm³/mol. The lowest BCUT2D eigenvalue weighted by molar-refractivity contribution is 0.102. The van der Waals surface area contributed by atoms with Crippen molar-refractivity contribution in [2.75, 3.05) is 5.75 Å². The second-order valence-electron chi connectivity index (χ2n) is 5.25. The molecule has 3 aromatic rings. The highest BCUT2D eigenvalue weighted by molar-refractivity contribution is 7.99. The van der Waals surface area contributed by atoms with Crippen LogP contribution in [0, 0.1) is 6.92 Å². The van der Waals surface area contributed by atoms with Crippen molar-refractivity contribution in [3.8, 4) is 0 Å². The molecule has 0 saturated carbocycles. The third-order valence-corrected chi connectivity index (χ3v) is 5.40. The Labute approximate surface area is 147 Å². The summed E-state index contributed by atoms with van der Waals surface area (Å²) >= 11 is 2.78. The van der Waals surface area contributed by atoms with Crippen LogP contribution in [0.3, 0.4) is 0 Å². The van der Waals surface area contributed by atoms with Crippen LogP contribution >= 0.6 is 23.1 Å². The van der Waals surface area contributed by atoms with Gasteiger partial charge >= 0.3 is 0 Å². The topological polar surface area (TPSA) is 52.0 Å². The lowest BCUT2D eigenvalue weighted by Crippen LogP contribution is -2.22. The van der Waals surface area contributed by atoms with Crippen LogP contribution in [0.1, 0.15) is 15.2 Å². The summed E-state index contributed by atoms with van der Waals surface area (Å²) in [5, 5.41) is 1.18. The third-order valence-electron chi connectivity index (χ3n) is 3.48. The van der Waals surface area contributed by atoms with Gasteiger partial charge in [0.05, 0.1) is 11.1 Å². The number of thiophene rings is 1. The molecule has 0 atom stereocenters. The van der Waals surface area contributed by atoms with Crippen LogP contribution < -0.4 is 5.56 Å². The van der Waals surface area contributed by atoms with E-state index in [1.54, 1.807) is 22.8 Å². The number of allylic oxidation sites excluding steroid dienone is 1. The zero-order valence-electron chi connectivity index (χ0n) is 13.2. The number of carbonyl (C=O) groups is 1. The molecule has 1 aromatic carbocycles. The molecule has 0 spiro atoms. The van der Waals surface area contributed by atoms with Crippen molar-refractivity contribution in [2.45, 2.75) is 18.6 Å². The van der Waals surface area contributed by atoms with E-state index in [1.807, 2.05) is 31.2 Å². The highest BCUT2D eigenvalue weighted by Gasteiger charge is 2.15. The summed E-state index contributed by atoms with van der Waals surface area (Å²) in [7, 11) is 0. The molecule has 2 aromatic heterocycles. The van der Waals surface area contributed by atoms with Gasteiger partial charge in [-0.25, -0.2) is 4.98 Å². The molecule has 0 bridgehead atoms. The van der Waals surface area contributed by atoms with Gasteiger partial charge in [-0.1, -0.05) is 48.2 Å². The number of nitrogens with zero attached hydrogens (tertiary/aromatic N) is 2. The third kappa shape index (κ3) is 3.34. The SMILES string of the molecule is C=CCn1c(SCC(=O)c2ccccc2)nc2sc(C)cc2c1=O. The van der Waals surface area contributed by atoms with Crippen LogP contribution in [0.25, 0.3) is 10.2 Å². The molecule has 6 heteroatoms. The molecule has 0 saturated heterocycles. The Kier molecular flexibility index (Phi) is 4.97. The Bertz CT molecular complexity index is 958. The van der Waals surface area contributed by atoms with E-state index in [9.17, 15) is 9.59 Å². The van der Waals surface area contributed by atoms with Gasteiger partial charge in [-0.15, -0.1) is 17.9 Å². The Balaban J connectivity index is 1.93. The van der Waals surface area contributed by atoms with E-state index < -0.39 is 0 Å². The minimum absolute atomic E-state index is 0.0162. The fourth-order valence-corrected chi connectivity index (χ4v) is 4.18. The maximum atomic E-state index is 12.7. The van der Waals surface area contributed by atoms with E-state index in [4.69, 9.17) is 0 Å². The van der Waals surface area contributed by atoms with Gasteiger partial charge in [0.2, 0.25) is 0 Å². The van der Waals surface area contributed by atoms with Crippen LogP contribution in [0.5, 0.6) is 0 Å². The molecule has 0 aliphatic heterocycles. The minimum Gasteiger partial charge on any atom is -0.293 e. The van der Waals surface area contributed by atoms with Crippen molar-refractivity contribution in [1.29, 1.82) is 0 Å². The summed E-state index contributed by atoms with van der Waals surface area (Å²) in [6.45, 7) is 6.03. The summed E-state index contributed by atoms with van der Waals surface area (Å²) in [5.74, 6) is 0.256. The number of hydrogen-bond acceptors (Lipinski definition) is 5. The van der Waals surface area contributed by atoms with Gasteiger partial charge in [0.15, 0.2) is 10.9 Å². The summed E-state index contributed by atoms with van der Waals surface area (Å²) in [5.41, 5.74) is 0.578. The van der Waals surface area contributed by atoms with E-state index >= 15 is 0 Å². The first-order chi connectivity index (χ1) is 11.6. The largest absolute Gasteiger partial charge is 0.293 e. The average Bonchev–Trinajstić information content (AvgIpc) is 2.97. The highest BCUT2D eigenvalue weighted by atomic mass is 32.2. The highest BCUT2D eigenvalue weighted by Crippen LogP contribution is 2.24. The summed E-state index contributed by atoms with van der Waals surface area (Å²) < 4.78 is 1.57. The van der Waals surface area contributed by atoms with Crippen LogP contribution in [-0.4, -0.2) is 21.1 Å². The number of carbonyl (C=O) groups excluding carboxylic acids is 1. The second kappa shape index (κ2) is 7.15. The second-order valence-corrected chi connectivity index (χ2v) is 7.43. The maximum absolute atomic E-state index is 12.7. The van der Waals surface area contributed by atoms with Crippen molar-refractivity contribution in [3.63, 3.8) is 0 Å². The fraction of sp³-hybridized carbons (Fsp3) is 0.167. The lowest BCUT2D eigenvalue weighted by atomic mass is 10.2. The maximum Gasteiger partial charge on any atom is 0.263 e. The minimum atomic E-state index is -0.0843. The standard InChI is InChI=1S/C18H16N2O2S2/c1-3-9-20-17(22)14-10-12(2)24-16(14)19-18(20)23-11-15(21)13-7-5-4-6-8-13/h3-8,10H,1,9,11H2,2H3. The predicted octanol–water partition coefficient (Wildman–Crippen LogP) is 3.93. The number of rotatable bonds is 6. The van der Waals surface area contributed by atoms with Crippen LogP contribution in [0.4, 0.5) is 0 Å². The van der Waals surface area contributed by atoms with E-state index in [-0.39, 0.29) is 17.1 Å². The molecule has 2 heterocycles. The zero-order valence-corrected chi connectivity index (χ0v) is 14.8. The van der Waals surface area contributed by atoms with E-state index in [0.717, 1.165) is 4.88 Å². The van der Waals surface area contributed by atoms with Gasteiger partial charge in [0.25, 0.3) is 5.56 Å². The van der Waals surface area contributed by atoms with E-state index in [0.29, 0.717) is 27.5 Å². The van der Waals surface area contributed by atoms with Crippen molar-refractivity contribution in [3.05, 3.63) is 69.8 Å². The smallest absolute Gasteiger partial charge is 0.263 e. The van der Waals surface area contributed by atoms with Gasteiger partial charge in [-0.05, 0) is 13.0 Å². The summed E-state index contributed by atoms with van der Waals surface area (Å²) in [6.07, 6.45) is 1.66. The zero-order chi connectivity index (χ0) is 17.1. The van der Waals surface area contributed by atoms with Crippen LogP contribution in [0.2, 0.25) is 0 Å². The van der Waals surface area contributed by atoms with Gasteiger partial charge in [0.1, 0.15) is 4.83 Å². The first kappa shape index (κ1) is 16.7. The molecule has 0 aliphatic carbocycles. The molecule has 3 rings (SSSR count). The molecule has 0 unspecified atom stereocenters.